The summed E-state index contributed by atoms with van der Waals surface area (Å²) in [5, 5.41) is 11.9. The zero-order chi connectivity index (χ0) is 30.9. The highest BCUT2D eigenvalue weighted by Crippen LogP contribution is 2.27. The lowest BCUT2D eigenvalue weighted by Crippen LogP contribution is -2.52. The van der Waals surface area contributed by atoms with Crippen LogP contribution in [0.3, 0.4) is 0 Å². The van der Waals surface area contributed by atoms with Crippen molar-refractivity contribution in [2.24, 2.45) is 0 Å². The zero-order valence-electron chi connectivity index (χ0n) is 26.2. The highest BCUT2D eigenvalue weighted by atomic mass is 32.1. The highest BCUT2D eigenvalue weighted by Gasteiger charge is 2.27. The number of anilines is 1. The zero-order valence-corrected chi connectivity index (χ0v) is 27.0. The van der Waals surface area contributed by atoms with E-state index in [0.717, 1.165) is 53.1 Å². The number of carbonyl (C=O) groups excluding carboxylic acids is 2. The van der Waals surface area contributed by atoms with Gasteiger partial charge in [0.05, 0.1) is 12.1 Å². The molecule has 1 fully saturated rings. The van der Waals surface area contributed by atoms with Gasteiger partial charge < -0.3 is 21.3 Å². The number of thiophene rings is 1. The molecule has 2 aromatic carbocycles. The second kappa shape index (κ2) is 16.8. The van der Waals surface area contributed by atoms with E-state index in [0.29, 0.717) is 25.1 Å². The number of nitrogen functional groups attached to an aromatic ring is 1. The van der Waals surface area contributed by atoms with Crippen molar-refractivity contribution in [1.82, 2.24) is 20.5 Å². The van der Waals surface area contributed by atoms with Crippen molar-refractivity contribution in [3.05, 3.63) is 71.2 Å². The first-order valence-electron chi connectivity index (χ1n) is 16.3. The maximum absolute atomic E-state index is 13.8. The smallest absolute Gasteiger partial charge is 0.237 e. The third kappa shape index (κ3) is 9.58. The van der Waals surface area contributed by atoms with Crippen LogP contribution in [0.1, 0.15) is 77.3 Å². The standard InChI is InChI=1S/C36H47N5O2S.CH4/c1-25(2)39-31(11-6-9-21-41-19-7-3-8-20-41)36(43)40-32(23-28-24-44-34-12-5-4-10-29(28)34)33(42)16-14-26-13-15-30-27(22-26)17-18-38-35(30)37;/h4-5,10,12-13,15,17-18,22,24-25,31-32,39H,3,6-9,11,14,16,19-21,23H2,1-2H3,(H2,37,38)(H,40,43);1H4/t31-,32+;/m1./s1. The summed E-state index contributed by atoms with van der Waals surface area (Å²) in [6.07, 6.45) is 9.88. The Morgan fingerprint density at radius 3 is 2.60 bits per heavy atom. The van der Waals surface area contributed by atoms with Crippen molar-refractivity contribution in [1.29, 1.82) is 0 Å². The predicted octanol–water partition coefficient (Wildman–Crippen LogP) is 6.92. The number of aryl methyl sites for hydroxylation is 1. The van der Waals surface area contributed by atoms with E-state index < -0.39 is 6.04 Å². The number of ketones is 1. The maximum Gasteiger partial charge on any atom is 0.237 e. The van der Waals surface area contributed by atoms with Crippen molar-refractivity contribution in [3.63, 3.8) is 0 Å². The topological polar surface area (TPSA) is 100 Å². The minimum atomic E-state index is -0.592. The Labute approximate surface area is 273 Å². The quantitative estimate of drug-likeness (QED) is 0.124. The highest BCUT2D eigenvalue weighted by molar-refractivity contribution is 7.17. The van der Waals surface area contributed by atoms with Crippen LogP contribution in [-0.2, 0) is 22.4 Å². The molecule has 2 aromatic heterocycles. The fraction of sp³-hybridized carbons (Fsp3) is 0.486. The normalized spacial score (nSPS) is 15.2. The summed E-state index contributed by atoms with van der Waals surface area (Å²) in [6.45, 7) is 7.63. The van der Waals surface area contributed by atoms with E-state index in [-0.39, 0.29) is 31.2 Å². The minimum Gasteiger partial charge on any atom is -0.383 e. The molecule has 4 N–H and O–H groups in total. The summed E-state index contributed by atoms with van der Waals surface area (Å²) >= 11 is 1.68. The van der Waals surface area contributed by atoms with Gasteiger partial charge in [-0.15, -0.1) is 11.3 Å². The fourth-order valence-electron chi connectivity index (χ4n) is 6.34. The van der Waals surface area contributed by atoms with E-state index >= 15 is 0 Å². The number of piperidine rings is 1. The van der Waals surface area contributed by atoms with Crippen molar-refractivity contribution >= 4 is 49.7 Å². The number of amides is 1. The summed E-state index contributed by atoms with van der Waals surface area (Å²) in [4.78, 5) is 34.4. The third-order valence-electron chi connectivity index (χ3n) is 8.73. The average Bonchev–Trinajstić information content (AvgIpc) is 3.44. The number of carbonyl (C=O) groups is 2. The number of benzene rings is 2. The molecule has 5 rings (SSSR count). The molecule has 242 valence electrons. The van der Waals surface area contributed by atoms with Crippen LogP contribution in [0, 0.1) is 0 Å². The molecule has 3 heterocycles. The molecule has 1 aliphatic rings. The molecular weight excluding hydrogens is 579 g/mol. The van der Waals surface area contributed by atoms with E-state index in [1.165, 1.54) is 37.1 Å². The first-order valence-corrected chi connectivity index (χ1v) is 17.1. The molecule has 0 aliphatic carbocycles. The number of hydrogen-bond donors (Lipinski definition) is 3. The van der Waals surface area contributed by atoms with Crippen LogP contribution < -0.4 is 16.4 Å². The monoisotopic (exact) mass is 629 g/mol. The molecule has 45 heavy (non-hydrogen) atoms. The molecule has 7 nitrogen and oxygen atoms in total. The van der Waals surface area contributed by atoms with Crippen LogP contribution in [-0.4, -0.2) is 59.3 Å². The number of nitrogens with one attached hydrogen (secondary N) is 2. The summed E-state index contributed by atoms with van der Waals surface area (Å²) in [5.41, 5.74) is 8.20. The van der Waals surface area contributed by atoms with Gasteiger partial charge in [-0.1, -0.05) is 70.5 Å². The number of hydrogen-bond acceptors (Lipinski definition) is 7. The van der Waals surface area contributed by atoms with Gasteiger partial charge >= 0.3 is 0 Å². The van der Waals surface area contributed by atoms with E-state index in [4.69, 9.17) is 5.73 Å². The van der Waals surface area contributed by atoms with Gasteiger partial charge in [-0.05, 0) is 91.2 Å². The molecule has 2 atom stereocenters. The van der Waals surface area contributed by atoms with Crippen LogP contribution >= 0.6 is 11.3 Å². The molecule has 1 saturated heterocycles. The molecule has 0 unspecified atom stereocenters. The lowest BCUT2D eigenvalue weighted by molar-refractivity contribution is -0.129. The molecule has 1 aliphatic heterocycles. The number of aromatic nitrogens is 1. The van der Waals surface area contributed by atoms with Gasteiger partial charge in [-0.2, -0.15) is 0 Å². The molecule has 4 aromatic rings. The average molecular weight is 630 g/mol. The summed E-state index contributed by atoms with van der Waals surface area (Å²) in [5.74, 6) is 0.478. The largest absolute Gasteiger partial charge is 0.383 e. The van der Waals surface area contributed by atoms with E-state index in [1.54, 1.807) is 17.5 Å². The Morgan fingerprint density at radius 1 is 1.00 bits per heavy atom. The van der Waals surface area contributed by atoms with E-state index in [2.05, 4.69) is 57.9 Å². The van der Waals surface area contributed by atoms with E-state index in [1.807, 2.05) is 30.3 Å². The Hall–Kier alpha value is -3.33. The van der Waals surface area contributed by atoms with Gasteiger partial charge in [0.2, 0.25) is 5.91 Å². The van der Waals surface area contributed by atoms with Gasteiger partial charge in [0.1, 0.15) is 5.82 Å². The molecular formula is C37H51N5O2S. The van der Waals surface area contributed by atoms with Crippen molar-refractivity contribution in [2.45, 2.75) is 97.2 Å². The number of pyridine rings is 1. The SMILES string of the molecule is C.CC(C)N[C@H](CCCCN1CCCCC1)C(=O)N[C@@H](Cc1csc2ccccc12)C(=O)CCc1ccc2c(N)nccc2c1. The van der Waals surface area contributed by atoms with Crippen LogP contribution in [0.5, 0.6) is 0 Å². The van der Waals surface area contributed by atoms with Gasteiger partial charge in [-0.3, -0.25) is 9.59 Å². The minimum absolute atomic E-state index is 0. The summed E-state index contributed by atoms with van der Waals surface area (Å²) in [6, 6.07) is 15.5. The molecule has 0 radical (unpaired) electrons. The fourth-order valence-corrected chi connectivity index (χ4v) is 7.31. The van der Waals surface area contributed by atoms with Gasteiger partial charge in [-0.25, -0.2) is 4.98 Å². The lowest BCUT2D eigenvalue weighted by Gasteiger charge is -2.27. The van der Waals surface area contributed by atoms with Crippen LogP contribution in [0.15, 0.2) is 60.1 Å². The summed E-state index contributed by atoms with van der Waals surface area (Å²) in [7, 11) is 0. The number of unbranched alkanes of at least 4 members (excludes halogenated alkanes) is 1. The first kappa shape index (κ1) is 34.5. The molecule has 1 amide bonds. The summed E-state index contributed by atoms with van der Waals surface area (Å²) < 4.78 is 1.19. The van der Waals surface area contributed by atoms with Gasteiger partial charge in [0.15, 0.2) is 5.78 Å². The number of likely N-dealkylation sites (tertiary alicyclic amines) is 1. The Bertz CT molecular complexity index is 1540. The second-order valence-electron chi connectivity index (χ2n) is 12.5. The molecule has 0 spiro atoms. The molecule has 0 saturated carbocycles. The van der Waals surface area contributed by atoms with Crippen molar-refractivity contribution < 1.29 is 9.59 Å². The van der Waals surface area contributed by atoms with Crippen LogP contribution in [0.4, 0.5) is 5.82 Å². The number of nitrogens with two attached hydrogens (primary N) is 1. The maximum atomic E-state index is 13.8. The second-order valence-corrected chi connectivity index (χ2v) is 13.4. The number of Topliss-reactive ketones (excluding diaryl/α,β-unsaturated/α-hetero) is 1. The number of nitrogens with zero attached hydrogens (tertiary/aromatic N) is 2. The van der Waals surface area contributed by atoms with Crippen molar-refractivity contribution in [3.8, 4) is 0 Å². The lowest BCUT2D eigenvalue weighted by atomic mass is 9.96. The first-order chi connectivity index (χ1) is 21.4. The Balaban J connectivity index is 0.00000461. The molecule has 8 heteroatoms. The van der Waals surface area contributed by atoms with E-state index in [9.17, 15) is 9.59 Å². The predicted molar refractivity (Wildman–Crippen MR) is 190 cm³/mol. The van der Waals surface area contributed by atoms with Crippen molar-refractivity contribution in [2.75, 3.05) is 25.4 Å². The number of rotatable bonds is 15. The van der Waals surface area contributed by atoms with Gasteiger partial charge in [0, 0.05) is 35.2 Å². The number of fused-ring (bicyclic) bond motifs is 2. The Kier molecular flexibility index (Phi) is 12.9. The molecule has 0 bridgehead atoms. The third-order valence-corrected chi connectivity index (χ3v) is 9.74. The van der Waals surface area contributed by atoms with Crippen LogP contribution in [0.25, 0.3) is 20.9 Å². The van der Waals surface area contributed by atoms with Crippen LogP contribution in [0.2, 0.25) is 0 Å². The Morgan fingerprint density at radius 2 is 1.80 bits per heavy atom. The van der Waals surface area contributed by atoms with Gasteiger partial charge in [0.25, 0.3) is 0 Å².